The van der Waals surface area contributed by atoms with Gasteiger partial charge in [0.1, 0.15) is 11.2 Å². The number of ether oxygens (including phenoxy) is 1. The third kappa shape index (κ3) is 1.64. The van der Waals surface area contributed by atoms with Gasteiger partial charge >= 0.3 is 0 Å². The summed E-state index contributed by atoms with van der Waals surface area (Å²) in [6.45, 7) is 4.70. The molecule has 0 unspecified atom stereocenters. The van der Waals surface area contributed by atoms with E-state index in [0.29, 0.717) is 13.2 Å². The molecule has 0 radical (unpaired) electrons. The number of carbonyl (C=O) groups excluding carboxylic acids is 1. The van der Waals surface area contributed by atoms with Crippen LogP contribution in [0.3, 0.4) is 0 Å². The molecule has 3 heteroatoms. The summed E-state index contributed by atoms with van der Waals surface area (Å²) in [6.07, 6.45) is 0. The number of hydrogen-bond acceptors (Lipinski definition) is 2. The second-order valence-corrected chi connectivity index (χ2v) is 5.01. The molecule has 0 N–H and O–H groups in total. The van der Waals surface area contributed by atoms with Crippen molar-refractivity contribution < 1.29 is 9.53 Å². The number of rotatable bonds is 2. The Morgan fingerprint density at radius 2 is 2.13 bits per heavy atom. The molecule has 15 heavy (non-hydrogen) atoms. The van der Waals surface area contributed by atoms with Crippen LogP contribution < -0.4 is 0 Å². The summed E-state index contributed by atoms with van der Waals surface area (Å²) in [6, 6.07) is 6.05. The number of benzene rings is 1. The van der Waals surface area contributed by atoms with Crippen molar-refractivity contribution in [3.63, 3.8) is 0 Å². The lowest BCUT2D eigenvalue weighted by atomic mass is 9.74. The fourth-order valence-electron chi connectivity index (χ4n) is 1.96. The molecule has 0 aromatic heterocycles. The number of halogens is 1. The molecule has 80 valence electrons. The van der Waals surface area contributed by atoms with Crippen molar-refractivity contribution in [2.75, 3.05) is 13.2 Å². The lowest BCUT2D eigenvalue weighted by Crippen LogP contribution is -2.52. The Labute approximate surface area is 97.8 Å². The first-order valence-corrected chi connectivity index (χ1v) is 5.71. The van der Waals surface area contributed by atoms with Crippen molar-refractivity contribution in [1.82, 2.24) is 0 Å². The number of aryl methyl sites for hydroxylation is 1. The zero-order chi connectivity index (χ0) is 11.1. The standard InChI is InChI=1S/C12H13BrO2/c1-8-3-4-10(13)5-11(8)12(9(2)14)6-15-7-12/h3-5H,6-7H2,1-2H3. The second kappa shape index (κ2) is 3.72. The van der Waals surface area contributed by atoms with Crippen molar-refractivity contribution >= 4 is 21.7 Å². The van der Waals surface area contributed by atoms with Gasteiger partial charge in [0.15, 0.2) is 0 Å². The molecule has 1 heterocycles. The highest BCUT2D eigenvalue weighted by molar-refractivity contribution is 9.10. The van der Waals surface area contributed by atoms with Crippen LogP contribution >= 0.6 is 15.9 Å². The van der Waals surface area contributed by atoms with Crippen LogP contribution in [0, 0.1) is 6.92 Å². The number of ketones is 1. The fraction of sp³-hybridized carbons (Fsp3) is 0.417. The summed E-state index contributed by atoms with van der Waals surface area (Å²) in [7, 11) is 0. The van der Waals surface area contributed by atoms with Crippen LogP contribution in [-0.2, 0) is 14.9 Å². The molecule has 0 aliphatic carbocycles. The van der Waals surface area contributed by atoms with Crippen LogP contribution in [-0.4, -0.2) is 19.0 Å². The van der Waals surface area contributed by atoms with Gasteiger partial charge in [-0.2, -0.15) is 0 Å². The summed E-state index contributed by atoms with van der Waals surface area (Å²) >= 11 is 3.44. The van der Waals surface area contributed by atoms with E-state index in [1.54, 1.807) is 6.92 Å². The van der Waals surface area contributed by atoms with Gasteiger partial charge in [-0.05, 0) is 37.1 Å². The molecule has 1 fully saturated rings. The van der Waals surface area contributed by atoms with Gasteiger partial charge in [-0.25, -0.2) is 0 Å². The van der Waals surface area contributed by atoms with Crippen molar-refractivity contribution in [3.8, 4) is 0 Å². The van der Waals surface area contributed by atoms with Gasteiger partial charge in [-0.15, -0.1) is 0 Å². The Kier molecular flexibility index (Phi) is 2.69. The van der Waals surface area contributed by atoms with Crippen molar-refractivity contribution in [2.45, 2.75) is 19.3 Å². The Hall–Kier alpha value is -0.670. The Morgan fingerprint density at radius 1 is 1.47 bits per heavy atom. The lowest BCUT2D eigenvalue weighted by molar-refractivity contribution is -0.140. The molecule has 2 nitrogen and oxygen atoms in total. The minimum absolute atomic E-state index is 0.190. The first-order chi connectivity index (χ1) is 7.06. The molecule has 1 aliphatic heterocycles. The zero-order valence-electron chi connectivity index (χ0n) is 8.84. The Morgan fingerprint density at radius 3 is 2.60 bits per heavy atom. The van der Waals surface area contributed by atoms with Crippen LogP contribution in [0.5, 0.6) is 0 Å². The van der Waals surface area contributed by atoms with Gasteiger partial charge in [0.2, 0.25) is 0 Å². The molecule has 1 saturated heterocycles. The Bertz CT molecular complexity index is 408. The first kappa shape index (κ1) is 10.8. The molecule has 1 aliphatic rings. The molecule has 0 atom stereocenters. The van der Waals surface area contributed by atoms with Crippen molar-refractivity contribution in [2.24, 2.45) is 0 Å². The van der Waals surface area contributed by atoms with Gasteiger partial charge in [-0.1, -0.05) is 22.0 Å². The zero-order valence-corrected chi connectivity index (χ0v) is 10.4. The predicted molar refractivity (Wildman–Crippen MR) is 62.1 cm³/mol. The largest absolute Gasteiger partial charge is 0.378 e. The van der Waals surface area contributed by atoms with E-state index in [4.69, 9.17) is 4.74 Å². The summed E-state index contributed by atoms with van der Waals surface area (Å²) in [5.41, 5.74) is 1.85. The maximum absolute atomic E-state index is 11.7. The third-order valence-electron chi connectivity index (χ3n) is 3.09. The van der Waals surface area contributed by atoms with E-state index in [1.807, 2.05) is 25.1 Å². The monoisotopic (exact) mass is 268 g/mol. The first-order valence-electron chi connectivity index (χ1n) is 4.92. The highest BCUT2D eigenvalue weighted by Crippen LogP contribution is 2.36. The molecule has 1 aromatic rings. The van der Waals surface area contributed by atoms with E-state index in [2.05, 4.69) is 15.9 Å². The van der Waals surface area contributed by atoms with Crippen LogP contribution in [0.4, 0.5) is 0 Å². The van der Waals surface area contributed by atoms with Gasteiger partial charge in [0.25, 0.3) is 0 Å². The molecule has 0 amide bonds. The SMILES string of the molecule is CC(=O)C1(c2cc(Br)ccc2C)COC1. The summed E-state index contributed by atoms with van der Waals surface area (Å²) in [4.78, 5) is 11.7. The summed E-state index contributed by atoms with van der Waals surface area (Å²) < 4.78 is 6.22. The minimum atomic E-state index is -0.395. The van der Waals surface area contributed by atoms with Gasteiger partial charge in [0.05, 0.1) is 13.2 Å². The van der Waals surface area contributed by atoms with E-state index in [1.165, 1.54) is 0 Å². The fourth-order valence-corrected chi connectivity index (χ4v) is 2.33. The highest BCUT2D eigenvalue weighted by atomic mass is 79.9. The van der Waals surface area contributed by atoms with E-state index >= 15 is 0 Å². The predicted octanol–water partition coefficient (Wildman–Crippen LogP) is 2.61. The number of hydrogen-bond donors (Lipinski definition) is 0. The smallest absolute Gasteiger partial charge is 0.145 e. The van der Waals surface area contributed by atoms with Crippen molar-refractivity contribution in [1.29, 1.82) is 0 Å². The number of Topliss-reactive ketones (excluding diaryl/α,β-unsaturated/α-hetero) is 1. The number of carbonyl (C=O) groups is 1. The van der Waals surface area contributed by atoms with E-state index < -0.39 is 5.41 Å². The van der Waals surface area contributed by atoms with Crippen LogP contribution in [0.25, 0.3) is 0 Å². The summed E-state index contributed by atoms with van der Waals surface area (Å²) in [5.74, 6) is 0.190. The van der Waals surface area contributed by atoms with Crippen LogP contribution in [0.15, 0.2) is 22.7 Å². The third-order valence-corrected chi connectivity index (χ3v) is 3.58. The maximum Gasteiger partial charge on any atom is 0.145 e. The highest BCUT2D eigenvalue weighted by Gasteiger charge is 2.45. The molecule has 0 spiro atoms. The van der Waals surface area contributed by atoms with E-state index in [-0.39, 0.29) is 5.78 Å². The summed E-state index contributed by atoms with van der Waals surface area (Å²) in [5, 5.41) is 0. The van der Waals surface area contributed by atoms with Crippen LogP contribution in [0.2, 0.25) is 0 Å². The minimum Gasteiger partial charge on any atom is -0.378 e. The quantitative estimate of drug-likeness (QED) is 0.825. The average molecular weight is 269 g/mol. The van der Waals surface area contributed by atoms with Crippen LogP contribution in [0.1, 0.15) is 18.1 Å². The van der Waals surface area contributed by atoms with E-state index in [0.717, 1.165) is 15.6 Å². The Balaban J connectivity index is 2.51. The molecule has 0 saturated carbocycles. The lowest BCUT2D eigenvalue weighted by Gasteiger charge is -2.40. The molecule has 1 aromatic carbocycles. The van der Waals surface area contributed by atoms with Crippen molar-refractivity contribution in [3.05, 3.63) is 33.8 Å². The topological polar surface area (TPSA) is 26.3 Å². The second-order valence-electron chi connectivity index (χ2n) is 4.09. The molecule has 0 bridgehead atoms. The van der Waals surface area contributed by atoms with Gasteiger partial charge in [-0.3, -0.25) is 4.79 Å². The van der Waals surface area contributed by atoms with Gasteiger partial charge < -0.3 is 4.74 Å². The maximum atomic E-state index is 11.7. The average Bonchev–Trinajstić information content (AvgIpc) is 2.08. The normalized spacial score (nSPS) is 18.3. The molecular formula is C12H13BrO2. The molecule has 2 rings (SSSR count). The van der Waals surface area contributed by atoms with E-state index in [9.17, 15) is 4.79 Å². The van der Waals surface area contributed by atoms with Gasteiger partial charge in [0, 0.05) is 4.47 Å². The molecular weight excluding hydrogens is 256 g/mol.